The summed E-state index contributed by atoms with van der Waals surface area (Å²) in [6, 6.07) is 11.3. The number of hydrogen-bond acceptors (Lipinski definition) is 2. The van der Waals surface area contributed by atoms with Gasteiger partial charge in [0.25, 0.3) is 0 Å². The summed E-state index contributed by atoms with van der Waals surface area (Å²) in [6.07, 6.45) is 3.87. The van der Waals surface area contributed by atoms with E-state index in [4.69, 9.17) is 0 Å². The first-order valence-corrected chi connectivity index (χ1v) is 6.54. The molecule has 3 rings (SSSR count). The Kier molecular flexibility index (Phi) is 3.39. The van der Waals surface area contributed by atoms with Gasteiger partial charge >= 0.3 is 5.97 Å². The van der Waals surface area contributed by atoms with Gasteiger partial charge in [-0.25, -0.2) is 9.37 Å². The second-order valence-electron chi connectivity index (χ2n) is 4.85. The predicted molar refractivity (Wildman–Crippen MR) is 75.7 cm³/mol. The molecule has 1 atom stereocenters. The van der Waals surface area contributed by atoms with Crippen LogP contribution in [0, 0.1) is 5.82 Å². The van der Waals surface area contributed by atoms with Crippen LogP contribution in [0.3, 0.4) is 0 Å². The summed E-state index contributed by atoms with van der Waals surface area (Å²) >= 11 is 0. The van der Waals surface area contributed by atoms with Gasteiger partial charge in [-0.2, -0.15) is 0 Å². The third-order valence-electron chi connectivity index (χ3n) is 3.38. The lowest BCUT2D eigenvalue weighted by Gasteiger charge is -2.11. The molecule has 0 radical (unpaired) electrons. The van der Waals surface area contributed by atoms with Crippen LogP contribution < -0.4 is 0 Å². The summed E-state index contributed by atoms with van der Waals surface area (Å²) in [5.41, 5.74) is 1.87. The average Bonchev–Trinajstić information content (AvgIpc) is 2.87. The van der Waals surface area contributed by atoms with Crippen molar-refractivity contribution in [3.05, 3.63) is 71.9 Å². The summed E-state index contributed by atoms with van der Waals surface area (Å²) in [5, 5.41) is 9.40. The molecular formula is C16H13FN2O2. The molecule has 106 valence electrons. The molecule has 3 aromatic rings. The highest BCUT2D eigenvalue weighted by atomic mass is 19.1. The number of carbonyl (C=O) groups is 1. The molecule has 21 heavy (non-hydrogen) atoms. The lowest BCUT2D eigenvalue weighted by atomic mass is 9.94. The van der Waals surface area contributed by atoms with Crippen molar-refractivity contribution in [1.29, 1.82) is 0 Å². The van der Waals surface area contributed by atoms with Crippen molar-refractivity contribution in [1.82, 2.24) is 9.38 Å². The molecule has 5 heteroatoms. The highest BCUT2D eigenvalue weighted by Crippen LogP contribution is 2.22. The van der Waals surface area contributed by atoms with E-state index in [0.29, 0.717) is 11.3 Å². The fourth-order valence-corrected chi connectivity index (χ4v) is 2.37. The second kappa shape index (κ2) is 5.36. The normalized spacial score (nSPS) is 12.4. The molecule has 2 heterocycles. The van der Waals surface area contributed by atoms with Crippen molar-refractivity contribution < 1.29 is 14.3 Å². The molecule has 0 amide bonds. The number of halogens is 1. The first-order valence-electron chi connectivity index (χ1n) is 6.54. The summed E-state index contributed by atoms with van der Waals surface area (Å²) in [7, 11) is 0. The lowest BCUT2D eigenvalue weighted by Crippen LogP contribution is -2.14. The third kappa shape index (κ3) is 2.76. The Morgan fingerprint density at radius 3 is 2.86 bits per heavy atom. The summed E-state index contributed by atoms with van der Waals surface area (Å²) in [6.45, 7) is 0. The van der Waals surface area contributed by atoms with Crippen molar-refractivity contribution in [3.8, 4) is 0 Å². The summed E-state index contributed by atoms with van der Waals surface area (Å²) < 4.78 is 15.1. The maximum Gasteiger partial charge on any atom is 0.311 e. The molecular weight excluding hydrogens is 271 g/mol. The average molecular weight is 284 g/mol. The SMILES string of the molecule is O=C(O)C(Cc1cn2ccccc2n1)c1cccc(F)c1. The molecule has 1 unspecified atom stereocenters. The Morgan fingerprint density at radius 2 is 2.14 bits per heavy atom. The standard InChI is InChI=1S/C16H13FN2O2/c17-12-5-3-4-11(8-12)14(16(20)21)9-13-10-19-7-2-1-6-15(19)18-13/h1-8,10,14H,9H2,(H,20,21). The number of carboxylic acid groups (broad SMARTS) is 1. The van der Waals surface area contributed by atoms with Crippen LogP contribution in [0.15, 0.2) is 54.9 Å². The predicted octanol–water partition coefficient (Wildman–Crippen LogP) is 2.88. The summed E-state index contributed by atoms with van der Waals surface area (Å²) in [4.78, 5) is 15.9. The van der Waals surface area contributed by atoms with Crippen molar-refractivity contribution in [2.24, 2.45) is 0 Å². The van der Waals surface area contributed by atoms with E-state index in [2.05, 4.69) is 4.98 Å². The molecule has 0 fully saturated rings. The number of pyridine rings is 1. The Bertz CT molecular complexity index is 765. The Balaban J connectivity index is 1.93. The number of imidazole rings is 1. The van der Waals surface area contributed by atoms with Crippen molar-refractivity contribution >= 4 is 11.6 Å². The topological polar surface area (TPSA) is 54.6 Å². The van der Waals surface area contributed by atoms with Crippen LogP contribution in [0.4, 0.5) is 4.39 Å². The number of aliphatic carboxylic acids is 1. The van der Waals surface area contributed by atoms with Gasteiger partial charge in [0.2, 0.25) is 0 Å². The van der Waals surface area contributed by atoms with Gasteiger partial charge in [-0.15, -0.1) is 0 Å². The van der Waals surface area contributed by atoms with Crippen LogP contribution in [-0.4, -0.2) is 20.5 Å². The molecule has 1 N–H and O–H groups in total. The van der Waals surface area contributed by atoms with Crippen molar-refractivity contribution in [3.63, 3.8) is 0 Å². The zero-order valence-electron chi connectivity index (χ0n) is 11.1. The molecule has 0 aliphatic carbocycles. The van der Waals surface area contributed by atoms with E-state index >= 15 is 0 Å². The Hall–Kier alpha value is -2.69. The summed E-state index contributed by atoms with van der Waals surface area (Å²) in [5.74, 6) is -2.24. The minimum absolute atomic E-state index is 0.223. The van der Waals surface area contributed by atoms with Gasteiger partial charge in [0.05, 0.1) is 11.6 Å². The number of aromatic nitrogens is 2. The number of hydrogen-bond donors (Lipinski definition) is 1. The molecule has 1 aromatic carbocycles. The molecule has 0 aliphatic rings. The number of nitrogens with zero attached hydrogens (tertiary/aromatic N) is 2. The van der Waals surface area contributed by atoms with E-state index in [1.165, 1.54) is 18.2 Å². The van der Waals surface area contributed by atoms with Crippen LogP contribution in [0.1, 0.15) is 17.2 Å². The largest absolute Gasteiger partial charge is 0.481 e. The monoisotopic (exact) mass is 284 g/mol. The molecule has 0 aliphatic heterocycles. The number of benzene rings is 1. The van der Waals surface area contributed by atoms with Gasteiger partial charge < -0.3 is 9.51 Å². The van der Waals surface area contributed by atoms with Crippen LogP contribution in [0.2, 0.25) is 0 Å². The third-order valence-corrected chi connectivity index (χ3v) is 3.38. The lowest BCUT2D eigenvalue weighted by molar-refractivity contribution is -0.138. The fourth-order valence-electron chi connectivity index (χ4n) is 2.37. The van der Waals surface area contributed by atoms with Crippen LogP contribution >= 0.6 is 0 Å². The molecule has 0 saturated heterocycles. The Morgan fingerprint density at radius 1 is 1.29 bits per heavy atom. The molecule has 2 aromatic heterocycles. The van der Waals surface area contributed by atoms with E-state index < -0.39 is 17.7 Å². The smallest absolute Gasteiger partial charge is 0.311 e. The van der Waals surface area contributed by atoms with Gasteiger partial charge in [-0.05, 0) is 29.8 Å². The van der Waals surface area contributed by atoms with Gasteiger partial charge in [0, 0.05) is 18.8 Å². The van der Waals surface area contributed by atoms with Crippen LogP contribution in [-0.2, 0) is 11.2 Å². The molecule has 0 spiro atoms. The Labute approximate surface area is 120 Å². The van der Waals surface area contributed by atoms with Crippen molar-refractivity contribution in [2.75, 3.05) is 0 Å². The number of carboxylic acids is 1. The highest BCUT2D eigenvalue weighted by molar-refractivity contribution is 5.76. The fraction of sp³-hybridized carbons (Fsp3) is 0.125. The van der Waals surface area contributed by atoms with Gasteiger partial charge in [-0.3, -0.25) is 4.79 Å². The molecule has 0 bridgehead atoms. The quantitative estimate of drug-likeness (QED) is 0.801. The first-order chi connectivity index (χ1) is 10.1. The van der Waals surface area contributed by atoms with E-state index in [9.17, 15) is 14.3 Å². The van der Waals surface area contributed by atoms with Gasteiger partial charge in [0.15, 0.2) is 0 Å². The van der Waals surface area contributed by atoms with E-state index in [-0.39, 0.29) is 6.42 Å². The molecule has 4 nitrogen and oxygen atoms in total. The van der Waals surface area contributed by atoms with Gasteiger partial charge in [0.1, 0.15) is 11.5 Å². The molecule has 0 saturated carbocycles. The van der Waals surface area contributed by atoms with E-state index in [1.54, 1.807) is 12.3 Å². The van der Waals surface area contributed by atoms with Crippen molar-refractivity contribution in [2.45, 2.75) is 12.3 Å². The first kappa shape index (κ1) is 13.3. The van der Waals surface area contributed by atoms with Gasteiger partial charge in [-0.1, -0.05) is 18.2 Å². The zero-order chi connectivity index (χ0) is 14.8. The second-order valence-corrected chi connectivity index (χ2v) is 4.85. The van der Waals surface area contributed by atoms with E-state index in [0.717, 1.165) is 5.65 Å². The maximum absolute atomic E-state index is 13.3. The minimum Gasteiger partial charge on any atom is -0.481 e. The maximum atomic E-state index is 13.3. The van der Waals surface area contributed by atoms with Crippen LogP contribution in [0.5, 0.6) is 0 Å². The van der Waals surface area contributed by atoms with Crippen LogP contribution in [0.25, 0.3) is 5.65 Å². The van der Waals surface area contributed by atoms with E-state index in [1.807, 2.05) is 28.8 Å². The minimum atomic E-state index is -0.988. The zero-order valence-corrected chi connectivity index (χ0v) is 11.1. The number of rotatable bonds is 4. The number of fused-ring (bicyclic) bond motifs is 1. The highest BCUT2D eigenvalue weighted by Gasteiger charge is 2.22.